The molecule has 0 bridgehead atoms. The maximum atomic E-state index is 9.71. The van der Waals surface area contributed by atoms with Gasteiger partial charge in [-0.3, -0.25) is 0 Å². The van der Waals surface area contributed by atoms with Gasteiger partial charge in [0, 0.05) is 0 Å². The standard InChI is InChI=1S/C30H42O/c1-25(2)15-11-18-26(3)16-9-10-17-27(4)19-12-20-28(5)21-13-22-29(6)23-14-24-30(7,8)31/h9-23,31H,24H2,1-8H3/b10-9+,18-11+,19-12+,21-13+,23-14+,26-16+,27-17+,28-20+,29-22+. The zero-order valence-electron chi connectivity index (χ0n) is 20.8. The lowest BCUT2D eigenvalue weighted by atomic mass is 10.0. The van der Waals surface area contributed by atoms with Gasteiger partial charge in [-0.25, -0.2) is 0 Å². The topological polar surface area (TPSA) is 20.2 Å². The molecule has 0 aliphatic rings. The highest BCUT2D eigenvalue weighted by Crippen LogP contribution is 2.09. The molecule has 0 saturated carbocycles. The Morgan fingerprint density at radius 2 is 0.903 bits per heavy atom. The van der Waals surface area contributed by atoms with Gasteiger partial charge in [0.05, 0.1) is 5.60 Å². The van der Waals surface area contributed by atoms with Crippen LogP contribution in [0.25, 0.3) is 0 Å². The largest absolute Gasteiger partial charge is 0.390 e. The van der Waals surface area contributed by atoms with Crippen molar-refractivity contribution in [2.45, 2.75) is 67.4 Å². The Hall–Kier alpha value is -2.64. The van der Waals surface area contributed by atoms with Crippen LogP contribution < -0.4 is 0 Å². The SMILES string of the molecule is CC(C)=C/C=C/C(C)=C/C=C/C=C(C)/C=C/C=C(C)/C=C/C=C(C)/C=C/CC(C)(C)O. The van der Waals surface area contributed by atoms with Gasteiger partial charge in [0.15, 0.2) is 0 Å². The third kappa shape index (κ3) is 20.4. The molecule has 0 fully saturated rings. The number of allylic oxidation sites excluding steroid dienone is 19. The molecule has 0 aliphatic carbocycles. The highest BCUT2D eigenvalue weighted by molar-refractivity contribution is 5.32. The minimum absolute atomic E-state index is 0.650. The summed E-state index contributed by atoms with van der Waals surface area (Å²) in [6.07, 6.45) is 31.8. The van der Waals surface area contributed by atoms with Crippen LogP contribution in [0.4, 0.5) is 0 Å². The van der Waals surface area contributed by atoms with Crippen molar-refractivity contribution >= 4 is 0 Å². The third-order valence-electron chi connectivity index (χ3n) is 4.05. The Labute approximate surface area is 191 Å². The summed E-state index contributed by atoms with van der Waals surface area (Å²) in [4.78, 5) is 0. The molecular weight excluding hydrogens is 376 g/mol. The maximum absolute atomic E-state index is 9.71. The van der Waals surface area contributed by atoms with Gasteiger partial charge < -0.3 is 5.11 Å². The minimum Gasteiger partial charge on any atom is -0.390 e. The van der Waals surface area contributed by atoms with Gasteiger partial charge in [-0.1, -0.05) is 119 Å². The Morgan fingerprint density at radius 1 is 0.548 bits per heavy atom. The van der Waals surface area contributed by atoms with E-state index in [1.807, 2.05) is 26.0 Å². The van der Waals surface area contributed by atoms with Crippen LogP contribution in [-0.4, -0.2) is 10.7 Å². The molecule has 0 aliphatic heterocycles. The van der Waals surface area contributed by atoms with E-state index in [0.29, 0.717) is 6.42 Å². The van der Waals surface area contributed by atoms with Gasteiger partial charge in [-0.2, -0.15) is 0 Å². The van der Waals surface area contributed by atoms with Crippen LogP contribution in [0.15, 0.2) is 119 Å². The third-order valence-corrected chi connectivity index (χ3v) is 4.05. The van der Waals surface area contributed by atoms with E-state index in [0.717, 1.165) is 5.57 Å². The smallest absolute Gasteiger partial charge is 0.0626 e. The van der Waals surface area contributed by atoms with Gasteiger partial charge in [0.25, 0.3) is 0 Å². The van der Waals surface area contributed by atoms with E-state index >= 15 is 0 Å². The van der Waals surface area contributed by atoms with Crippen LogP contribution in [0.5, 0.6) is 0 Å². The van der Waals surface area contributed by atoms with Crippen LogP contribution in [0.3, 0.4) is 0 Å². The minimum atomic E-state index is -0.654. The molecule has 0 aromatic heterocycles. The summed E-state index contributed by atoms with van der Waals surface area (Å²) in [5.74, 6) is 0. The van der Waals surface area contributed by atoms with E-state index < -0.39 is 5.60 Å². The van der Waals surface area contributed by atoms with Crippen LogP contribution in [0, 0.1) is 0 Å². The molecule has 1 nitrogen and oxygen atoms in total. The number of rotatable bonds is 11. The van der Waals surface area contributed by atoms with Gasteiger partial charge in [-0.15, -0.1) is 0 Å². The second-order valence-electron chi connectivity index (χ2n) is 8.77. The Bertz CT molecular complexity index is 831. The second kappa shape index (κ2) is 16.1. The molecule has 0 radical (unpaired) electrons. The summed E-state index contributed by atoms with van der Waals surface area (Å²) >= 11 is 0. The van der Waals surface area contributed by atoms with Crippen LogP contribution in [-0.2, 0) is 0 Å². The molecule has 0 amide bonds. The van der Waals surface area contributed by atoms with Crippen LogP contribution in [0.1, 0.15) is 61.8 Å². The zero-order chi connectivity index (χ0) is 23.7. The van der Waals surface area contributed by atoms with E-state index in [9.17, 15) is 5.11 Å². The fourth-order valence-electron chi connectivity index (χ4n) is 2.27. The van der Waals surface area contributed by atoms with Crippen molar-refractivity contribution in [2.75, 3.05) is 0 Å². The molecule has 0 rings (SSSR count). The van der Waals surface area contributed by atoms with E-state index in [2.05, 4.69) is 121 Å². The number of aliphatic hydroxyl groups is 1. The molecule has 0 saturated heterocycles. The molecule has 1 heteroatoms. The van der Waals surface area contributed by atoms with E-state index in [-0.39, 0.29) is 0 Å². The summed E-state index contributed by atoms with van der Waals surface area (Å²) in [5, 5.41) is 9.71. The van der Waals surface area contributed by atoms with Gasteiger partial charge in [0.2, 0.25) is 0 Å². The highest BCUT2D eigenvalue weighted by atomic mass is 16.3. The van der Waals surface area contributed by atoms with Gasteiger partial charge in [-0.05, 0) is 61.8 Å². The average Bonchev–Trinajstić information content (AvgIpc) is 2.64. The molecule has 1 N–H and O–H groups in total. The summed E-state index contributed by atoms with van der Waals surface area (Å²) in [6.45, 7) is 16.2. The summed E-state index contributed by atoms with van der Waals surface area (Å²) < 4.78 is 0. The van der Waals surface area contributed by atoms with Crippen molar-refractivity contribution in [2.24, 2.45) is 0 Å². The van der Waals surface area contributed by atoms with E-state index in [1.54, 1.807) is 0 Å². The first-order valence-corrected chi connectivity index (χ1v) is 10.9. The number of hydrogen-bond donors (Lipinski definition) is 1. The van der Waals surface area contributed by atoms with E-state index in [4.69, 9.17) is 0 Å². The van der Waals surface area contributed by atoms with Gasteiger partial charge in [0.1, 0.15) is 0 Å². The average molecular weight is 419 g/mol. The van der Waals surface area contributed by atoms with Crippen LogP contribution >= 0.6 is 0 Å². The van der Waals surface area contributed by atoms with Crippen molar-refractivity contribution in [1.82, 2.24) is 0 Å². The first-order valence-electron chi connectivity index (χ1n) is 10.9. The predicted molar refractivity (Wildman–Crippen MR) is 141 cm³/mol. The van der Waals surface area contributed by atoms with Crippen LogP contribution in [0.2, 0.25) is 0 Å². The second-order valence-corrected chi connectivity index (χ2v) is 8.77. The Kier molecular flexibility index (Phi) is 14.7. The Balaban J connectivity index is 4.66. The summed E-state index contributed by atoms with van der Waals surface area (Å²) in [5.41, 5.74) is 5.41. The molecule has 0 aromatic rings. The molecule has 0 atom stereocenters. The van der Waals surface area contributed by atoms with Crippen molar-refractivity contribution < 1.29 is 5.11 Å². The molecule has 0 aromatic carbocycles. The lowest BCUT2D eigenvalue weighted by Gasteiger charge is -2.13. The summed E-state index contributed by atoms with van der Waals surface area (Å²) in [6, 6.07) is 0. The monoisotopic (exact) mass is 418 g/mol. The van der Waals surface area contributed by atoms with Crippen molar-refractivity contribution in [1.29, 1.82) is 0 Å². The van der Waals surface area contributed by atoms with Crippen molar-refractivity contribution in [3.05, 3.63) is 119 Å². The first-order chi connectivity index (χ1) is 14.5. The lowest BCUT2D eigenvalue weighted by molar-refractivity contribution is 0.0839. The normalized spacial score (nSPS) is 15.5. The quantitative estimate of drug-likeness (QED) is 0.333. The zero-order valence-corrected chi connectivity index (χ0v) is 20.8. The van der Waals surface area contributed by atoms with Gasteiger partial charge >= 0.3 is 0 Å². The molecule has 0 unspecified atom stereocenters. The molecule has 168 valence electrons. The predicted octanol–water partition coefficient (Wildman–Crippen LogP) is 8.68. The molecule has 0 spiro atoms. The first kappa shape index (κ1) is 28.4. The fraction of sp³-hybridized carbons (Fsp3) is 0.333. The summed E-state index contributed by atoms with van der Waals surface area (Å²) in [7, 11) is 0. The van der Waals surface area contributed by atoms with Crippen molar-refractivity contribution in [3.8, 4) is 0 Å². The highest BCUT2D eigenvalue weighted by Gasteiger charge is 2.08. The van der Waals surface area contributed by atoms with E-state index in [1.165, 1.54) is 22.3 Å². The number of hydrogen-bond acceptors (Lipinski definition) is 1. The van der Waals surface area contributed by atoms with Crippen molar-refractivity contribution in [3.63, 3.8) is 0 Å². The molecule has 31 heavy (non-hydrogen) atoms. The maximum Gasteiger partial charge on any atom is 0.0626 e. The molecular formula is C30H42O. The lowest BCUT2D eigenvalue weighted by Crippen LogP contribution is -2.16. The fourth-order valence-corrected chi connectivity index (χ4v) is 2.27. The molecule has 0 heterocycles. The Morgan fingerprint density at radius 3 is 1.29 bits per heavy atom.